The van der Waals surface area contributed by atoms with Crippen LogP contribution in [-0.2, 0) is 0 Å². The minimum Gasteiger partial charge on any atom is -0.361 e. The van der Waals surface area contributed by atoms with Crippen LogP contribution in [0.1, 0.15) is 36.3 Å². The summed E-state index contributed by atoms with van der Waals surface area (Å²) in [6.07, 6.45) is -2.64. The zero-order valence-electron chi connectivity index (χ0n) is 13.5. The predicted molar refractivity (Wildman–Crippen MR) is 84.5 cm³/mol. The van der Waals surface area contributed by atoms with Crippen LogP contribution in [0.4, 0.5) is 18.3 Å². The van der Waals surface area contributed by atoms with Gasteiger partial charge in [-0.05, 0) is 59.5 Å². The fourth-order valence-electron chi connectivity index (χ4n) is 3.12. The van der Waals surface area contributed by atoms with Gasteiger partial charge in [-0.3, -0.25) is 4.90 Å². The molecule has 22 heavy (non-hydrogen) atoms. The minimum absolute atomic E-state index is 0.172. The number of alkyl halides is 3. The highest BCUT2D eigenvalue weighted by molar-refractivity contribution is 7.15. The minimum atomic E-state index is -4.17. The average molecular weight is 335 g/mol. The van der Waals surface area contributed by atoms with Crippen LogP contribution in [0.25, 0.3) is 0 Å². The van der Waals surface area contributed by atoms with Crippen LogP contribution in [0.2, 0.25) is 0 Å². The summed E-state index contributed by atoms with van der Waals surface area (Å²) in [6.45, 7) is 4.69. The first kappa shape index (κ1) is 17.5. The molecular formula is C15H24F3N3S. The third-order valence-electron chi connectivity index (χ3n) is 4.89. The third-order valence-corrected chi connectivity index (χ3v) is 5.92. The molecule has 2 rings (SSSR count). The number of hydrogen-bond donors (Lipinski definition) is 1. The molecule has 0 bridgehead atoms. The van der Waals surface area contributed by atoms with Crippen molar-refractivity contribution in [3.05, 3.63) is 10.6 Å². The van der Waals surface area contributed by atoms with Gasteiger partial charge in [0.15, 0.2) is 5.13 Å². The Hall–Kier alpha value is -0.820. The Bertz CT molecular complexity index is 483. The van der Waals surface area contributed by atoms with Crippen LogP contribution < -0.4 is 5.32 Å². The van der Waals surface area contributed by atoms with Gasteiger partial charge < -0.3 is 5.32 Å². The first-order valence-electron chi connectivity index (χ1n) is 7.58. The summed E-state index contributed by atoms with van der Waals surface area (Å²) in [4.78, 5) is 6.94. The van der Waals surface area contributed by atoms with Gasteiger partial charge in [-0.15, -0.1) is 11.3 Å². The van der Waals surface area contributed by atoms with Crippen molar-refractivity contribution < 1.29 is 13.2 Å². The van der Waals surface area contributed by atoms with Crippen molar-refractivity contribution in [2.24, 2.45) is 5.92 Å². The molecule has 1 aromatic heterocycles. The quantitative estimate of drug-likeness (QED) is 0.893. The Morgan fingerprint density at radius 1 is 1.27 bits per heavy atom. The second kappa shape index (κ2) is 6.35. The van der Waals surface area contributed by atoms with Crippen molar-refractivity contribution in [1.82, 2.24) is 9.88 Å². The van der Waals surface area contributed by atoms with Gasteiger partial charge >= 0.3 is 6.18 Å². The number of halogens is 3. The van der Waals surface area contributed by atoms with Crippen LogP contribution in [-0.4, -0.2) is 42.2 Å². The van der Waals surface area contributed by atoms with Crippen LogP contribution in [0.15, 0.2) is 0 Å². The van der Waals surface area contributed by atoms with Crippen LogP contribution in [0.3, 0.4) is 0 Å². The Morgan fingerprint density at radius 2 is 1.86 bits per heavy atom. The lowest BCUT2D eigenvalue weighted by atomic mass is 9.75. The number of nitrogens with zero attached hydrogens (tertiary/aromatic N) is 2. The number of thiazole rings is 1. The lowest BCUT2D eigenvalue weighted by molar-refractivity contribution is -0.236. The van der Waals surface area contributed by atoms with Crippen LogP contribution >= 0.6 is 11.3 Å². The average Bonchev–Trinajstić information content (AvgIpc) is 2.74. The Balaban J connectivity index is 1.91. The highest BCUT2D eigenvalue weighted by atomic mass is 32.1. The normalized spacial score (nSPS) is 26.5. The van der Waals surface area contributed by atoms with Crippen molar-refractivity contribution in [3.8, 4) is 0 Å². The predicted octanol–water partition coefficient (Wildman–Crippen LogP) is 4.22. The molecule has 1 heterocycles. The van der Waals surface area contributed by atoms with Gasteiger partial charge in [0.2, 0.25) is 0 Å². The summed E-state index contributed by atoms with van der Waals surface area (Å²) in [5.41, 5.74) is -0.641. The lowest BCUT2D eigenvalue weighted by Crippen LogP contribution is -2.57. The Kier molecular flexibility index (Phi) is 5.06. The number of nitrogens with one attached hydrogen (secondary N) is 1. The summed E-state index contributed by atoms with van der Waals surface area (Å²) in [7, 11) is 3.07. The molecule has 1 N–H and O–H groups in total. The van der Waals surface area contributed by atoms with E-state index in [-0.39, 0.29) is 18.8 Å². The molecule has 0 spiro atoms. The van der Waals surface area contributed by atoms with Crippen molar-refractivity contribution in [2.75, 3.05) is 26.0 Å². The zero-order chi connectivity index (χ0) is 16.5. The molecular weight excluding hydrogens is 311 g/mol. The summed E-state index contributed by atoms with van der Waals surface area (Å²) in [5.74, 6) is 0.278. The number of aryl methyl sites for hydroxylation is 2. The second-order valence-corrected chi connectivity index (χ2v) is 7.61. The molecule has 0 aliphatic heterocycles. The van der Waals surface area contributed by atoms with Crippen molar-refractivity contribution in [2.45, 2.75) is 51.2 Å². The summed E-state index contributed by atoms with van der Waals surface area (Å²) < 4.78 is 40.2. The summed E-state index contributed by atoms with van der Waals surface area (Å²) in [5, 5.41) is 4.15. The van der Waals surface area contributed by atoms with E-state index in [0.29, 0.717) is 19.4 Å². The van der Waals surface area contributed by atoms with Crippen molar-refractivity contribution in [3.63, 3.8) is 0 Å². The van der Waals surface area contributed by atoms with Crippen molar-refractivity contribution in [1.29, 1.82) is 0 Å². The van der Waals surface area contributed by atoms with Gasteiger partial charge in [-0.1, -0.05) is 0 Å². The molecule has 1 aliphatic carbocycles. The van der Waals surface area contributed by atoms with E-state index in [1.165, 1.54) is 23.9 Å². The molecule has 7 heteroatoms. The van der Waals surface area contributed by atoms with E-state index < -0.39 is 11.7 Å². The first-order chi connectivity index (χ1) is 10.2. The number of hydrogen-bond acceptors (Lipinski definition) is 4. The SMILES string of the molecule is Cc1nc(NCC2CCC(N(C)C)(C(F)(F)F)CC2)sc1C. The van der Waals surface area contributed by atoms with E-state index in [0.717, 1.165) is 10.8 Å². The topological polar surface area (TPSA) is 28.2 Å². The monoisotopic (exact) mass is 335 g/mol. The third kappa shape index (κ3) is 3.40. The standard InChI is InChI=1S/C15H24F3N3S/c1-10-11(2)22-13(20-10)19-9-12-5-7-14(8-6-12,21(3)4)15(16,17)18/h12H,5-9H2,1-4H3,(H,19,20). The summed E-state index contributed by atoms with van der Waals surface area (Å²) in [6, 6.07) is 0. The van der Waals surface area contributed by atoms with E-state index in [9.17, 15) is 13.2 Å². The highest BCUT2D eigenvalue weighted by Crippen LogP contribution is 2.46. The molecule has 1 aliphatic rings. The molecule has 1 saturated carbocycles. The molecule has 1 fully saturated rings. The smallest absolute Gasteiger partial charge is 0.361 e. The molecule has 126 valence electrons. The van der Waals surface area contributed by atoms with E-state index in [1.54, 1.807) is 11.3 Å². The fourth-order valence-corrected chi connectivity index (χ4v) is 3.94. The van der Waals surface area contributed by atoms with Gasteiger partial charge in [0.25, 0.3) is 0 Å². The van der Waals surface area contributed by atoms with Gasteiger partial charge in [0.1, 0.15) is 5.54 Å². The first-order valence-corrected chi connectivity index (χ1v) is 8.39. The molecule has 0 radical (unpaired) electrons. The van der Waals surface area contributed by atoms with E-state index in [4.69, 9.17) is 0 Å². The van der Waals surface area contributed by atoms with Gasteiger partial charge in [-0.25, -0.2) is 4.98 Å². The van der Waals surface area contributed by atoms with Gasteiger partial charge in [0, 0.05) is 11.4 Å². The molecule has 3 nitrogen and oxygen atoms in total. The molecule has 0 atom stereocenters. The zero-order valence-corrected chi connectivity index (χ0v) is 14.4. The number of rotatable bonds is 4. The maximum absolute atomic E-state index is 13.4. The number of anilines is 1. The van der Waals surface area contributed by atoms with Crippen molar-refractivity contribution >= 4 is 16.5 Å². The lowest BCUT2D eigenvalue weighted by Gasteiger charge is -2.45. The fraction of sp³-hybridized carbons (Fsp3) is 0.800. The van der Waals surface area contributed by atoms with E-state index in [2.05, 4.69) is 10.3 Å². The maximum atomic E-state index is 13.4. The van der Waals surface area contributed by atoms with E-state index in [1.807, 2.05) is 13.8 Å². The van der Waals surface area contributed by atoms with Gasteiger partial charge in [0.05, 0.1) is 5.69 Å². The Morgan fingerprint density at radius 3 is 2.27 bits per heavy atom. The second-order valence-electron chi connectivity index (χ2n) is 6.41. The van der Waals surface area contributed by atoms with Crippen LogP contribution in [0, 0.1) is 19.8 Å². The largest absolute Gasteiger partial charge is 0.406 e. The molecule has 0 saturated heterocycles. The van der Waals surface area contributed by atoms with Gasteiger partial charge in [-0.2, -0.15) is 13.2 Å². The molecule has 1 aromatic rings. The Labute approximate surface area is 133 Å². The molecule has 0 unspecified atom stereocenters. The molecule has 0 amide bonds. The molecule has 0 aromatic carbocycles. The summed E-state index contributed by atoms with van der Waals surface area (Å²) >= 11 is 1.60. The maximum Gasteiger partial charge on any atom is 0.406 e. The number of aromatic nitrogens is 1. The van der Waals surface area contributed by atoms with E-state index >= 15 is 0 Å². The highest BCUT2D eigenvalue weighted by Gasteiger charge is 2.57. The van der Waals surface area contributed by atoms with Crippen LogP contribution in [0.5, 0.6) is 0 Å².